The summed E-state index contributed by atoms with van der Waals surface area (Å²) in [6, 6.07) is 7.68. The highest BCUT2D eigenvalue weighted by molar-refractivity contribution is 6.32. The van der Waals surface area contributed by atoms with Gasteiger partial charge < -0.3 is 15.4 Å². The van der Waals surface area contributed by atoms with Crippen LogP contribution < -0.4 is 15.4 Å². The number of carbonyl (C=O) groups is 1. The van der Waals surface area contributed by atoms with Gasteiger partial charge in [0.1, 0.15) is 5.75 Å². The maximum absolute atomic E-state index is 12.4. The van der Waals surface area contributed by atoms with Crippen molar-refractivity contribution in [2.24, 2.45) is 0 Å². The van der Waals surface area contributed by atoms with Gasteiger partial charge >= 0.3 is 0 Å². The summed E-state index contributed by atoms with van der Waals surface area (Å²) in [5.41, 5.74) is 0. The van der Waals surface area contributed by atoms with Gasteiger partial charge in [-0.2, -0.15) is 0 Å². The van der Waals surface area contributed by atoms with Crippen LogP contribution in [0.15, 0.2) is 24.3 Å². The zero-order chi connectivity index (χ0) is 15.2. The molecule has 3 unspecified atom stereocenters. The van der Waals surface area contributed by atoms with Crippen LogP contribution in [0.3, 0.4) is 0 Å². The van der Waals surface area contributed by atoms with Crippen molar-refractivity contribution < 1.29 is 9.53 Å². The third-order valence-electron chi connectivity index (χ3n) is 3.86. The quantitative estimate of drug-likeness (QED) is 0.879. The van der Waals surface area contributed by atoms with Gasteiger partial charge in [-0.15, -0.1) is 0 Å². The average Bonchev–Trinajstić information content (AvgIpc) is 2.48. The minimum absolute atomic E-state index is 0.0713. The molecule has 0 spiro atoms. The molecule has 1 saturated heterocycles. The molecule has 2 rings (SSSR count). The Morgan fingerprint density at radius 3 is 2.95 bits per heavy atom. The van der Waals surface area contributed by atoms with E-state index in [0.29, 0.717) is 23.2 Å². The Morgan fingerprint density at radius 1 is 1.52 bits per heavy atom. The van der Waals surface area contributed by atoms with Crippen molar-refractivity contribution in [3.8, 4) is 5.75 Å². The lowest BCUT2D eigenvalue weighted by atomic mass is 9.99. The fraction of sp³-hybridized carbons (Fsp3) is 0.562. The number of hydrogen-bond acceptors (Lipinski definition) is 3. The summed E-state index contributed by atoms with van der Waals surface area (Å²) in [6.45, 7) is 5.05. The van der Waals surface area contributed by atoms with Gasteiger partial charge in [-0.05, 0) is 44.9 Å². The van der Waals surface area contributed by atoms with Crippen LogP contribution in [0, 0.1) is 0 Å². The molecule has 1 fully saturated rings. The molecule has 3 atom stereocenters. The van der Waals surface area contributed by atoms with Gasteiger partial charge in [-0.25, -0.2) is 0 Å². The van der Waals surface area contributed by atoms with E-state index >= 15 is 0 Å². The normalized spacial score (nSPS) is 23.4. The number of piperidine rings is 1. The van der Waals surface area contributed by atoms with E-state index in [-0.39, 0.29) is 11.9 Å². The first kappa shape index (κ1) is 16.1. The Bertz CT molecular complexity index is 481. The van der Waals surface area contributed by atoms with Gasteiger partial charge in [0.05, 0.1) is 5.02 Å². The van der Waals surface area contributed by atoms with E-state index in [9.17, 15) is 4.79 Å². The summed E-state index contributed by atoms with van der Waals surface area (Å²) in [5, 5.41) is 6.99. The predicted molar refractivity (Wildman–Crippen MR) is 84.8 cm³/mol. The molecular formula is C16H23ClN2O2. The Hall–Kier alpha value is -1.26. The van der Waals surface area contributed by atoms with Gasteiger partial charge in [0.25, 0.3) is 5.91 Å². The standard InChI is InChI=1S/C16H23ClN2O2/c1-3-14(21-15-9-5-4-7-12(15)17)16(20)19-13-8-6-10-18-11(13)2/h4-5,7,9,11,13-14,18H,3,6,8,10H2,1-2H3,(H,19,20). The van der Waals surface area contributed by atoms with Crippen LogP contribution in [-0.4, -0.2) is 30.6 Å². The molecule has 0 radical (unpaired) electrons. The van der Waals surface area contributed by atoms with Gasteiger partial charge in [0.2, 0.25) is 0 Å². The average molecular weight is 311 g/mol. The molecule has 0 aliphatic carbocycles. The molecule has 2 N–H and O–H groups in total. The summed E-state index contributed by atoms with van der Waals surface area (Å²) in [7, 11) is 0. The smallest absolute Gasteiger partial charge is 0.261 e. The fourth-order valence-electron chi connectivity index (χ4n) is 2.53. The second-order valence-corrected chi connectivity index (χ2v) is 5.85. The molecule has 4 nitrogen and oxygen atoms in total. The maximum atomic E-state index is 12.4. The van der Waals surface area contributed by atoms with E-state index in [4.69, 9.17) is 16.3 Å². The van der Waals surface area contributed by atoms with E-state index in [1.807, 2.05) is 19.1 Å². The van der Waals surface area contributed by atoms with Crippen LogP contribution in [0.2, 0.25) is 5.02 Å². The maximum Gasteiger partial charge on any atom is 0.261 e. The second-order valence-electron chi connectivity index (χ2n) is 5.45. The molecule has 1 amide bonds. The summed E-state index contributed by atoms with van der Waals surface area (Å²) in [6.07, 6.45) is 2.17. The van der Waals surface area contributed by atoms with Crippen LogP contribution in [-0.2, 0) is 4.79 Å². The van der Waals surface area contributed by atoms with Crippen molar-refractivity contribution in [3.63, 3.8) is 0 Å². The van der Waals surface area contributed by atoms with Crippen LogP contribution in [0.5, 0.6) is 5.75 Å². The topological polar surface area (TPSA) is 50.4 Å². The summed E-state index contributed by atoms with van der Waals surface area (Å²) < 4.78 is 5.77. The van der Waals surface area contributed by atoms with E-state index in [1.54, 1.807) is 12.1 Å². The van der Waals surface area contributed by atoms with Crippen LogP contribution >= 0.6 is 11.6 Å². The number of nitrogens with one attached hydrogen (secondary N) is 2. The van der Waals surface area contributed by atoms with Crippen molar-refractivity contribution in [1.82, 2.24) is 10.6 Å². The van der Waals surface area contributed by atoms with E-state index in [1.165, 1.54) is 0 Å². The monoisotopic (exact) mass is 310 g/mol. The van der Waals surface area contributed by atoms with Gasteiger partial charge in [-0.1, -0.05) is 30.7 Å². The number of ether oxygens (including phenoxy) is 1. The van der Waals surface area contributed by atoms with Crippen molar-refractivity contribution in [3.05, 3.63) is 29.3 Å². The lowest BCUT2D eigenvalue weighted by Gasteiger charge is -2.31. The molecule has 5 heteroatoms. The Labute approximate surface area is 131 Å². The molecule has 0 aromatic heterocycles. The molecule has 1 aromatic rings. The zero-order valence-corrected chi connectivity index (χ0v) is 13.3. The number of amides is 1. The summed E-state index contributed by atoms with van der Waals surface area (Å²) in [5.74, 6) is 0.481. The minimum Gasteiger partial charge on any atom is -0.479 e. The number of hydrogen-bond donors (Lipinski definition) is 2. The Kier molecular flexibility index (Phi) is 5.88. The summed E-state index contributed by atoms with van der Waals surface area (Å²) in [4.78, 5) is 12.4. The van der Waals surface area contributed by atoms with Gasteiger partial charge in [0, 0.05) is 12.1 Å². The first-order valence-corrected chi connectivity index (χ1v) is 7.94. The van der Waals surface area contributed by atoms with Crippen molar-refractivity contribution in [2.45, 2.75) is 51.3 Å². The number of rotatable bonds is 5. The summed E-state index contributed by atoms with van der Waals surface area (Å²) >= 11 is 6.08. The highest BCUT2D eigenvalue weighted by Gasteiger charge is 2.26. The molecule has 116 valence electrons. The molecule has 1 aliphatic heterocycles. The molecular weight excluding hydrogens is 288 g/mol. The van der Waals surface area contributed by atoms with Crippen molar-refractivity contribution in [1.29, 1.82) is 0 Å². The first-order valence-electron chi connectivity index (χ1n) is 7.56. The van der Waals surface area contributed by atoms with E-state index < -0.39 is 6.10 Å². The van der Waals surface area contributed by atoms with Crippen molar-refractivity contribution in [2.75, 3.05) is 6.54 Å². The zero-order valence-electron chi connectivity index (χ0n) is 12.6. The first-order chi connectivity index (χ1) is 10.1. The molecule has 0 bridgehead atoms. The Balaban J connectivity index is 1.97. The SMILES string of the molecule is CCC(Oc1ccccc1Cl)C(=O)NC1CCCNC1C. The third kappa shape index (κ3) is 4.35. The Morgan fingerprint density at radius 2 is 2.29 bits per heavy atom. The van der Waals surface area contributed by atoms with Gasteiger partial charge in [-0.3, -0.25) is 4.79 Å². The lowest BCUT2D eigenvalue weighted by molar-refractivity contribution is -0.129. The molecule has 1 aromatic carbocycles. The number of carbonyl (C=O) groups excluding carboxylic acids is 1. The second kappa shape index (κ2) is 7.66. The van der Waals surface area contributed by atoms with Crippen LogP contribution in [0.1, 0.15) is 33.1 Å². The predicted octanol–water partition coefficient (Wildman–Crippen LogP) is 2.75. The highest BCUT2D eigenvalue weighted by atomic mass is 35.5. The lowest BCUT2D eigenvalue weighted by Crippen LogP contribution is -2.54. The van der Waals surface area contributed by atoms with E-state index in [0.717, 1.165) is 19.4 Å². The third-order valence-corrected chi connectivity index (χ3v) is 4.17. The molecule has 0 saturated carbocycles. The van der Waals surface area contributed by atoms with Crippen LogP contribution in [0.25, 0.3) is 0 Å². The largest absolute Gasteiger partial charge is 0.479 e. The van der Waals surface area contributed by atoms with Gasteiger partial charge in [0.15, 0.2) is 6.10 Å². The highest BCUT2D eigenvalue weighted by Crippen LogP contribution is 2.25. The molecule has 1 aliphatic rings. The number of benzene rings is 1. The number of para-hydroxylation sites is 1. The molecule has 1 heterocycles. The molecule has 21 heavy (non-hydrogen) atoms. The number of halogens is 1. The van der Waals surface area contributed by atoms with Crippen molar-refractivity contribution >= 4 is 17.5 Å². The van der Waals surface area contributed by atoms with Crippen LogP contribution in [0.4, 0.5) is 0 Å². The van der Waals surface area contributed by atoms with E-state index in [2.05, 4.69) is 17.6 Å². The minimum atomic E-state index is -0.515. The fourth-order valence-corrected chi connectivity index (χ4v) is 2.71.